The molecule has 0 saturated heterocycles. The molecule has 0 bridgehead atoms. The molecule has 0 aromatic heterocycles. The highest BCUT2D eigenvalue weighted by Crippen LogP contribution is 2.19. The molecule has 0 aliphatic carbocycles. The van der Waals surface area contributed by atoms with Gasteiger partial charge in [-0.15, -0.1) is 0 Å². The van der Waals surface area contributed by atoms with E-state index in [2.05, 4.69) is 87.5 Å². The summed E-state index contributed by atoms with van der Waals surface area (Å²) in [7, 11) is 4.39. The lowest BCUT2D eigenvalue weighted by Crippen LogP contribution is -2.12. The Morgan fingerprint density at radius 2 is 0.744 bits per heavy atom. The van der Waals surface area contributed by atoms with Crippen molar-refractivity contribution in [1.82, 2.24) is 4.90 Å². The predicted molar refractivity (Wildman–Crippen MR) is 199 cm³/mol. The van der Waals surface area contributed by atoms with Gasteiger partial charge >= 0.3 is 0 Å². The highest BCUT2D eigenvalue weighted by Gasteiger charge is 2.01. The van der Waals surface area contributed by atoms with E-state index >= 15 is 0 Å². The van der Waals surface area contributed by atoms with Crippen molar-refractivity contribution in [1.29, 1.82) is 0 Å². The maximum absolute atomic E-state index is 2.58. The fourth-order valence-electron chi connectivity index (χ4n) is 5.54. The molecule has 0 saturated carbocycles. The maximum atomic E-state index is 2.58. The monoisotopic (exact) mass is 596 g/mol. The summed E-state index contributed by atoms with van der Waals surface area (Å²) in [5, 5.41) is 0. The van der Waals surface area contributed by atoms with Crippen LogP contribution >= 0.6 is 0 Å². The van der Waals surface area contributed by atoms with Gasteiger partial charge in [-0.3, -0.25) is 0 Å². The molecule has 250 valence electrons. The van der Waals surface area contributed by atoms with Gasteiger partial charge in [0, 0.05) is 6.54 Å². The molecule has 0 aromatic rings. The third kappa shape index (κ3) is 36.8. The van der Waals surface area contributed by atoms with Crippen LogP contribution in [-0.2, 0) is 0 Å². The Kier molecular flexibility index (Phi) is 35.7. The van der Waals surface area contributed by atoms with E-state index in [-0.39, 0.29) is 0 Å². The lowest BCUT2D eigenvalue weighted by Gasteiger charge is -2.11. The zero-order valence-electron chi connectivity index (χ0n) is 29.9. The largest absolute Gasteiger partial charge is 0.309 e. The summed E-state index contributed by atoms with van der Waals surface area (Å²) < 4.78 is 0. The van der Waals surface area contributed by atoms with Crippen molar-refractivity contribution in [3.05, 3.63) is 60.3 Å². The Hall–Kier alpha value is -1.34. The summed E-state index contributed by atoms with van der Waals surface area (Å²) in [5.74, 6) is 0. The molecule has 0 aliphatic heterocycles. The second-order valence-electron chi connectivity index (χ2n) is 13.1. The summed E-state index contributed by atoms with van der Waals surface area (Å²) >= 11 is 0. The van der Waals surface area contributed by atoms with Gasteiger partial charge in [0.05, 0.1) is 0 Å². The van der Waals surface area contributed by atoms with Crippen molar-refractivity contribution >= 4 is 0 Å². The topological polar surface area (TPSA) is 3.24 Å². The molecule has 43 heavy (non-hydrogen) atoms. The van der Waals surface area contributed by atoms with Crippen molar-refractivity contribution in [2.45, 2.75) is 187 Å². The average molecular weight is 596 g/mol. The van der Waals surface area contributed by atoms with Crippen molar-refractivity contribution in [2.24, 2.45) is 0 Å². The van der Waals surface area contributed by atoms with Crippen LogP contribution in [0, 0.1) is 0 Å². The van der Waals surface area contributed by atoms with Crippen LogP contribution in [0.2, 0.25) is 0 Å². The van der Waals surface area contributed by atoms with E-state index in [1.165, 1.54) is 167 Å². The molecular weight excluding hydrogens is 518 g/mol. The Labute approximate surface area is 272 Å². The first-order chi connectivity index (χ1) is 21.2. The van der Waals surface area contributed by atoms with Crippen LogP contribution < -0.4 is 0 Å². The highest BCUT2D eigenvalue weighted by atomic mass is 15.0. The van der Waals surface area contributed by atoms with E-state index in [9.17, 15) is 0 Å². The quantitative estimate of drug-likeness (QED) is 0.0539. The van der Waals surface area contributed by atoms with Gasteiger partial charge in [0.25, 0.3) is 0 Å². The van der Waals surface area contributed by atoms with Crippen LogP contribution in [0.3, 0.4) is 0 Å². The summed E-state index contributed by atoms with van der Waals surface area (Å²) in [4.78, 5) is 2.31. The standard InChI is InChI=1S/C42H77N/c1-5-7-9-11-13-15-17-19-21-23-25-27-29-31-33-35-38-42(40-37-41-43(3)4)39-36-34-32-30-28-26-24-22-20-18-16-14-12-10-8-6-2/h13-16,19-22,40H,5-12,17-18,23-39,41H2,1-4H3/b15-13-,16-14+,21-19-,22-20+,42-40?. The van der Waals surface area contributed by atoms with Crippen molar-refractivity contribution < 1.29 is 0 Å². The molecule has 1 nitrogen and oxygen atoms in total. The van der Waals surface area contributed by atoms with Crippen LogP contribution in [0.15, 0.2) is 60.3 Å². The minimum atomic E-state index is 1.12. The first kappa shape index (κ1) is 41.7. The molecule has 0 radical (unpaired) electrons. The molecule has 0 spiro atoms. The van der Waals surface area contributed by atoms with E-state index in [4.69, 9.17) is 0 Å². The number of allylic oxidation sites excluding steroid dienone is 9. The molecule has 0 amide bonds. The maximum Gasteiger partial charge on any atom is 0.000990 e. The Balaban J connectivity index is 3.82. The molecule has 0 unspecified atom stereocenters. The van der Waals surface area contributed by atoms with Crippen LogP contribution in [0.4, 0.5) is 0 Å². The summed E-state index contributed by atoms with van der Waals surface area (Å²) in [6, 6.07) is 0. The normalized spacial score (nSPS) is 12.9. The SMILES string of the molecule is CCCCC/C=C\C/C=C\CCCCCCCCC(=CCCN(C)C)CCCCCCCC/C=C/C/C=C/CCCCC. The second-order valence-corrected chi connectivity index (χ2v) is 13.1. The third-order valence-electron chi connectivity index (χ3n) is 8.41. The molecule has 0 aliphatic rings. The molecule has 0 aromatic carbocycles. The first-order valence-electron chi connectivity index (χ1n) is 19.1. The lowest BCUT2D eigenvalue weighted by atomic mass is 9.98. The van der Waals surface area contributed by atoms with E-state index in [1.54, 1.807) is 5.57 Å². The van der Waals surface area contributed by atoms with Gasteiger partial charge in [0.1, 0.15) is 0 Å². The number of hydrogen-bond donors (Lipinski definition) is 0. The Morgan fingerprint density at radius 1 is 0.395 bits per heavy atom. The van der Waals surface area contributed by atoms with Gasteiger partial charge in [0.2, 0.25) is 0 Å². The van der Waals surface area contributed by atoms with Crippen molar-refractivity contribution in [2.75, 3.05) is 20.6 Å². The van der Waals surface area contributed by atoms with Gasteiger partial charge in [0.15, 0.2) is 0 Å². The molecule has 0 atom stereocenters. The number of nitrogens with zero attached hydrogens (tertiary/aromatic N) is 1. The lowest BCUT2D eigenvalue weighted by molar-refractivity contribution is 0.416. The smallest absolute Gasteiger partial charge is 0.000990 e. The minimum Gasteiger partial charge on any atom is -0.309 e. The van der Waals surface area contributed by atoms with Crippen molar-refractivity contribution in [3.8, 4) is 0 Å². The van der Waals surface area contributed by atoms with Crippen LogP contribution in [0.25, 0.3) is 0 Å². The minimum absolute atomic E-state index is 1.12. The van der Waals surface area contributed by atoms with Gasteiger partial charge < -0.3 is 4.90 Å². The molecular formula is C42H77N. The van der Waals surface area contributed by atoms with Crippen molar-refractivity contribution in [3.63, 3.8) is 0 Å². The average Bonchev–Trinajstić information content (AvgIpc) is 3.00. The second kappa shape index (κ2) is 36.8. The number of hydrogen-bond acceptors (Lipinski definition) is 1. The van der Waals surface area contributed by atoms with Gasteiger partial charge in [-0.2, -0.15) is 0 Å². The Bertz CT molecular complexity index is 627. The molecule has 0 N–H and O–H groups in total. The number of unbranched alkanes of at least 4 members (excludes halogenated alkanes) is 18. The molecule has 1 heteroatoms. The molecule has 0 heterocycles. The van der Waals surface area contributed by atoms with E-state index < -0.39 is 0 Å². The first-order valence-corrected chi connectivity index (χ1v) is 19.1. The zero-order chi connectivity index (χ0) is 31.3. The molecule has 0 fully saturated rings. The van der Waals surface area contributed by atoms with Gasteiger partial charge in [-0.25, -0.2) is 0 Å². The Morgan fingerprint density at radius 3 is 1.12 bits per heavy atom. The summed E-state index contributed by atoms with van der Waals surface area (Å²) in [6.07, 6.45) is 57.5. The van der Waals surface area contributed by atoms with E-state index in [0.717, 1.165) is 12.8 Å². The van der Waals surface area contributed by atoms with E-state index in [1.807, 2.05) is 0 Å². The zero-order valence-corrected chi connectivity index (χ0v) is 29.9. The van der Waals surface area contributed by atoms with Crippen LogP contribution in [-0.4, -0.2) is 25.5 Å². The van der Waals surface area contributed by atoms with Gasteiger partial charge in [-0.05, 0) is 110 Å². The summed E-state index contributed by atoms with van der Waals surface area (Å²) in [5.41, 5.74) is 1.75. The fraction of sp³-hybridized carbons (Fsp3) is 0.762. The van der Waals surface area contributed by atoms with Gasteiger partial charge in [-0.1, -0.05) is 151 Å². The number of rotatable bonds is 33. The van der Waals surface area contributed by atoms with Crippen LogP contribution in [0.1, 0.15) is 187 Å². The summed E-state index contributed by atoms with van der Waals surface area (Å²) in [6.45, 7) is 5.72. The fourth-order valence-corrected chi connectivity index (χ4v) is 5.54. The predicted octanol–water partition coefficient (Wildman–Crippen LogP) is 14.3. The highest BCUT2D eigenvalue weighted by molar-refractivity contribution is 5.02. The van der Waals surface area contributed by atoms with Crippen LogP contribution in [0.5, 0.6) is 0 Å². The molecule has 0 rings (SSSR count). The van der Waals surface area contributed by atoms with E-state index in [0.29, 0.717) is 0 Å². The third-order valence-corrected chi connectivity index (χ3v) is 8.41.